The summed E-state index contributed by atoms with van der Waals surface area (Å²) in [5.74, 6) is -0.638. The second kappa shape index (κ2) is 2.62. The maximum Gasteiger partial charge on any atom is 0.419 e. The minimum Gasteiger partial charge on any atom is -0.376 e. The summed E-state index contributed by atoms with van der Waals surface area (Å²) >= 11 is 0. The summed E-state index contributed by atoms with van der Waals surface area (Å²) in [7, 11) is 0. The van der Waals surface area contributed by atoms with E-state index in [1.807, 2.05) is 6.08 Å². The fraction of sp³-hybridized carbons (Fsp3) is 0.500. The normalized spacial score (nSPS) is 28.3. The standard InChI is InChI=1S/C8H9NO3/c10-7-5-3-1-2-4-6(5)9-8(11)12-7/h4-5H,1-3H2,(H,9,11). The average Bonchev–Trinajstić information content (AvgIpc) is 2.04. The first-order chi connectivity index (χ1) is 5.77. The van der Waals surface area contributed by atoms with E-state index in [4.69, 9.17) is 0 Å². The van der Waals surface area contributed by atoms with E-state index in [9.17, 15) is 9.59 Å². The molecule has 1 atom stereocenters. The molecule has 1 saturated heterocycles. The Balaban J connectivity index is 2.25. The lowest BCUT2D eigenvalue weighted by atomic mass is 9.92. The lowest BCUT2D eigenvalue weighted by Crippen LogP contribution is -2.41. The Morgan fingerprint density at radius 2 is 2.33 bits per heavy atom. The van der Waals surface area contributed by atoms with E-state index in [1.165, 1.54) is 0 Å². The zero-order chi connectivity index (χ0) is 8.55. The molecule has 2 aliphatic rings. The third-order valence-electron chi connectivity index (χ3n) is 2.16. The van der Waals surface area contributed by atoms with Gasteiger partial charge in [0.15, 0.2) is 0 Å². The molecule has 0 radical (unpaired) electrons. The molecule has 1 aliphatic heterocycles. The van der Waals surface area contributed by atoms with Crippen LogP contribution < -0.4 is 5.32 Å². The second-order valence-corrected chi connectivity index (χ2v) is 2.98. The third kappa shape index (κ3) is 1.09. The smallest absolute Gasteiger partial charge is 0.376 e. The van der Waals surface area contributed by atoms with Crippen molar-refractivity contribution in [1.29, 1.82) is 0 Å². The minimum atomic E-state index is -0.649. The summed E-state index contributed by atoms with van der Waals surface area (Å²) in [5.41, 5.74) is 0.725. The quantitative estimate of drug-likeness (QED) is 0.431. The Morgan fingerprint density at radius 1 is 1.50 bits per heavy atom. The summed E-state index contributed by atoms with van der Waals surface area (Å²) in [5, 5.41) is 2.53. The van der Waals surface area contributed by atoms with E-state index < -0.39 is 12.1 Å². The summed E-state index contributed by atoms with van der Waals surface area (Å²) in [6.45, 7) is 0. The minimum absolute atomic E-state index is 0.226. The van der Waals surface area contributed by atoms with Crippen LogP contribution >= 0.6 is 0 Å². The first kappa shape index (κ1) is 7.34. The average molecular weight is 167 g/mol. The number of esters is 1. The lowest BCUT2D eigenvalue weighted by Gasteiger charge is -2.26. The van der Waals surface area contributed by atoms with Crippen molar-refractivity contribution >= 4 is 12.1 Å². The van der Waals surface area contributed by atoms with Gasteiger partial charge in [-0.05, 0) is 19.3 Å². The van der Waals surface area contributed by atoms with Gasteiger partial charge in [0, 0.05) is 5.70 Å². The van der Waals surface area contributed by atoms with Gasteiger partial charge in [-0.25, -0.2) is 4.79 Å². The van der Waals surface area contributed by atoms with Crippen LogP contribution in [0.5, 0.6) is 0 Å². The molecular formula is C8H9NO3. The van der Waals surface area contributed by atoms with Gasteiger partial charge in [-0.3, -0.25) is 10.1 Å². The van der Waals surface area contributed by atoms with E-state index in [0.717, 1.165) is 25.0 Å². The number of carbonyl (C=O) groups is 2. The predicted molar refractivity (Wildman–Crippen MR) is 40.0 cm³/mol. The Bertz CT molecular complexity index is 269. The molecule has 0 aromatic carbocycles. The molecule has 0 spiro atoms. The molecule has 64 valence electrons. The van der Waals surface area contributed by atoms with E-state index in [-0.39, 0.29) is 5.92 Å². The zero-order valence-corrected chi connectivity index (χ0v) is 6.50. The topological polar surface area (TPSA) is 55.4 Å². The summed E-state index contributed by atoms with van der Waals surface area (Å²) in [6.07, 6.45) is 3.94. The molecule has 12 heavy (non-hydrogen) atoms. The molecule has 0 aromatic heterocycles. The monoisotopic (exact) mass is 167 g/mol. The van der Waals surface area contributed by atoms with Crippen molar-refractivity contribution in [3.8, 4) is 0 Å². The van der Waals surface area contributed by atoms with Gasteiger partial charge >= 0.3 is 12.1 Å². The maximum absolute atomic E-state index is 11.1. The van der Waals surface area contributed by atoms with Crippen molar-refractivity contribution in [1.82, 2.24) is 5.32 Å². The molecule has 1 unspecified atom stereocenters. The Labute approximate surface area is 69.6 Å². The van der Waals surface area contributed by atoms with Crippen LogP contribution in [0.2, 0.25) is 0 Å². The van der Waals surface area contributed by atoms with Crippen LogP contribution in [0.25, 0.3) is 0 Å². The molecule has 2 rings (SSSR count). The number of cyclic esters (lactones) is 2. The Morgan fingerprint density at radius 3 is 3.17 bits per heavy atom. The van der Waals surface area contributed by atoms with Crippen molar-refractivity contribution in [2.75, 3.05) is 0 Å². The highest BCUT2D eigenvalue weighted by Gasteiger charge is 2.33. The fourth-order valence-corrected chi connectivity index (χ4v) is 1.57. The molecule has 4 heteroatoms. The predicted octanol–water partition coefficient (Wildman–Crippen LogP) is 0.937. The highest BCUT2D eigenvalue weighted by molar-refractivity contribution is 5.92. The molecule has 1 fully saturated rings. The number of nitrogens with one attached hydrogen (secondary N) is 1. The van der Waals surface area contributed by atoms with Crippen molar-refractivity contribution in [2.45, 2.75) is 19.3 Å². The van der Waals surface area contributed by atoms with E-state index in [0.29, 0.717) is 0 Å². The molecule has 0 bridgehead atoms. The van der Waals surface area contributed by atoms with Crippen LogP contribution in [-0.2, 0) is 9.53 Å². The van der Waals surface area contributed by atoms with Crippen LogP contribution in [0.15, 0.2) is 11.8 Å². The summed E-state index contributed by atoms with van der Waals surface area (Å²) < 4.78 is 4.43. The third-order valence-corrected chi connectivity index (χ3v) is 2.16. The number of allylic oxidation sites excluding steroid dienone is 1. The first-order valence-electron chi connectivity index (χ1n) is 4.00. The molecule has 1 heterocycles. The summed E-state index contributed by atoms with van der Waals surface area (Å²) in [6, 6.07) is 0. The van der Waals surface area contributed by atoms with Crippen LogP contribution in [0.4, 0.5) is 4.79 Å². The maximum atomic E-state index is 11.1. The van der Waals surface area contributed by atoms with Gasteiger partial charge in [-0.1, -0.05) is 6.08 Å². The largest absolute Gasteiger partial charge is 0.419 e. The number of carbonyl (C=O) groups excluding carboxylic acids is 2. The second-order valence-electron chi connectivity index (χ2n) is 2.98. The van der Waals surface area contributed by atoms with Crippen molar-refractivity contribution in [2.24, 2.45) is 5.92 Å². The molecule has 0 saturated carbocycles. The molecule has 1 aliphatic carbocycles. The van der Waals surface area contributed by atoms with Crippen LogP contribution in [0.1, 0.15) is 19.3 Å². The van der Waals surface area contributed by atoms with Gasteiger partial charge in [-0.2, -0.15) is 0 Å². The van der Waals surface area contributed by atoms with Gasteiger partial charge in [0.1, 0.15) is 0 Å². The van der Waals surface area contributed by atoms with E-state index >= 15 is 0 Å². The van der Waals surface area contributed by atoms with Crippen LogP contribution in [0, 0.1) is 5.92 Å². The lowest BCUT2D eigenvalue weighted by molar-refractivity contribution is -0.142. The zero-order valence-electron chi connectivity index (χ0n) is 6.50. The highest BCUT2D eigenvalue weighted by atomic mass is 16.6. The number of alkyl carbamates (subject to hydrolysis) is 1. The van der Waals surface area contributed by atoms with E-state index in [2.05, 4.69) is 10.1 Å². The molecule has 4 nitrogen and oxygen atoms in total. The SMILES string of the molecule is O=C1NC2=CCCCC2C(=O)O1. The Kier molecular flexibility index (Phi) is 1.60. The number of rotatable bonds is 0. The Hall–Kier alpha value is -1.32. The number of fused-ring (bicyclic) bond motifs is 1. The molecule has 0 aromatic rings. The fourth-order valence-electron chi connectivity index (χ4n) is 1.57. The number of amides is 1. The van der Waals surface area contributed by atoms with Crippen molar-refractivity contribution in [3.63, 3.8) is 0 Å². The van der Waals surface area contributed by atoms with Crippen molar-refractivity contribution in [3.05, 3.63) is 11.8 Å². The summed E-state index contributed by atoms with van der Waals surface area (Å²) in [4.78, 5) is 21.8. The van der Waals surface area contributed by atoms with Crippen molar-refractivity contribution < 1.29 is 14.3 Å². The van der Waals surface area contributed by atoms with Crippen LogP contribution in [0.3, 0.4) is 0 Å². The van der Waals surface area contributed by atoms with E-state index in [1.54, 1.807) is 0 Å². The van der Waals surface area contributed by atoms with Gasteiger partial charge in [0.2, 0.25) is 0 Å². The number of hydrogen-bond donors (Lipinski definition) is 1. The highest BCUT2D eigenvalue weighted by Crippen LogP contribution is 2.26. The van der Waals surface area contributed by atoms with Gasteiger partial charge < -0.3 is 4.74 Å². The molecular weight excluding hydrogens is 158 g/mol. The number of ether oxygens (including phenoxy) is 1. The van der Waals surface area contributed by atoms with Gasteiger partial charge in [0.05, 0.1) is 5.92 Å². The first-order valence-corrected chi connectivity index (χ1v) is 4.00. The van der Waals surface area contributed by atoms with Gasteiger partial charge in [-0.15, -0.1) is 0 Å². The van der Waals surface area contributed by atoms with Gasteiger partial charge in [0.25, 0.3) is 0 Å². The number of hydrogen-bond acceptors (Lipinski definition) is 3. The van der Waals surface area contributed by atoms with Crippen LogP contribution in [-0.4, -0.2) is 12.1 Å². The molecule has 1 amide bonds. The molecule has 1 N–H and O–H groups in total.